The number of rotatable bonds is 0. The molecule has 1 heterocycles. The smallest absolute Gasteiger partial charge is 0.118 e. The van der Waals surface area contributed by atoms with E-state index >= 15 is 0 Å². The summed E-state index contributed by atoms with van der Waals surface area (Å²) in [7, 11) is 0. The van der Waals surface area contributed by atoms with E-state index in [1.54, 1.807) is 0 Å². The van der Waals surface area contributed by atoms with Crippen LogP contribution in [0.15, 0.2) is 48.5 Å². The lowest BCUT2D eigenvalue weighted by atomic mass is 9.82. The Morgan fingerprint density at radius 3 is 2.39 bits per heavy atom. The van der Waals surface area contributed by atoms with Gasteiger partial charge < -0.3 is 14.9 Å². The van der Waals surface area contributed by atoms with Crippen molar-refractivity contribution >= 4 is 10.8 Å². The largest absolute Gasteiger partial charge is 0.387 e. The molecule has 3 aliphatic rings. The maximum Gasteiger partial charge on any atom is 0.118 e. The summed E-state index contributed by atoms with van der Waals surface area (Å²) in [5.41, 5.74) is 6.69. The Labute approximate surface area is 132 Å². The van der Waals surface area contributed by atoms with E-state index < -0.39 is 12.2 Å². The fourth-order valence-corrected chi connectivity index (χ4v) is 4.46. The SMILES string of the molecule is O[C@H]1[C@H]2O[C@H]2c2c(cc3c4c(cccc24)-c2ccccc2-3)[C@@H]1O. The first-order valence-corrected chi connectivity index (χ1v) is 7.96. The van der Waals surface area contributed by atoms with Crippen LogP contribution in [0.2, 0.25) is 0 Å². The molecule has 0 radical (unpaired) electrons. The number of hydrogen-bond donors (Lipinski definition) is 2. The molecule has 2 N–H and O–H groups in total. The van der Waals surface area contributed by atoms with Crippen LogP contribution in [0.4, 0.5) is 0 Å². The first-order valence-electron chi connectivity index (χ1n) is 7.96. The van der Waals surface area contributed by atoms with Gasteiger partial charge >= 0.3 is 0 Å². The highest BCUT2D eigenvalue weighted by Gasteiger charge is 2.54. The van der Waals surface area contributed by atoms with Gasteiger partial charge in [0.2, 0.25) is 0 Å². The van der Waals surface area contributed by atoms with Gasteiger partial charge in [0.05, 0.1) is 0 Å². The minimum Gasteiger partial charge on any atom is -0.387 e. The Morgan fingerprint density at radius 1 is 0.826 bits per heavy atom. The molecule has 4 atom stereocenters. The molecular weight excluding hydrogens is 288 g/mol. The van der Waals surface area contributed by atoms with Gasteiger partial charge in [-0.05, 0) is 50.2 Å². The highest BCUT2D eigenvalue weighted by atomic mass is 16.6. The number of epoxide rings is 1. The molecule has 3 aromatic rings. The predicted octanol–water partition coefficient (Wildman–Crippen LogP) is 3.34. The van der Waals surface area contributed by atoms with Crippen molar-refractivity contribution in [3.05, 3.63) is 59.7 Å². The quantitative estimate of drug-likeness (QED) is 0.490. The van der Waals surface area contributed by atoms with Crippen LogP contribution in [0.3, 0.4) is 0 Å². The summed E-state index contributed by atoms with van der Waals surface area (Å²) in [5, 5.41) is 23.1. The Bertz CT molecular complexity index is 1010. The molecule has 23 heavy (non-hydrogen) atoms. The Kier molecular flexibility index (Phi) is 2.03. The van der Waals surface area contributed by atoms with Gasteiger partial charge in [0.1, 0.15) is 24.4 Å². The van der Waals surface area contributed by atoms with E-state index in [0.29, 0.717) is 0 Å². The zero-order valence-electron chi connectivity index (χ0n) is 12.2. The summed E-state index contributed by atoms with van der Waals surface area (Å²) in [4.78, 5) is 0. The third kappa shape index (κ3) is 1.33. The van der Waals surface area contributed by atoms with Crippen molar-refractivity contribution in [2.24, 2.45) is 0 Å². The number of benzene rings is 3. The van der Waals surface area contributed by atoms with Gasteiger partial charge in [0, 0.05) is 0 Å². The summed E-state index contributed by atoms with van der Waals surface area (Å²) in [6, 6.07) is 16.8. The average Bonchev–Trinajstić information content (AvgIpc) is 3.32. The highest BCUT2D eigenvalue weighted by molar-refractivity contribution is 6.16. The van der Waals surface area contributed by atoms with Crippen molar-refractivity contribution in [1.82, 2.24) is 0 Å². The molecule has 0 unspecified atom stereocenters. The summed E-state index contributed by atoms with van der Waals surface area (Å²) in [6.07, 6.45) is -2.07. The maximum atomic E-state index is 10.5. The zero-order chi connectivity index (χ0) is 15.3. The van der Waals surface area contributed by atoms with Crippen LogP contribution in [-0.2, 0) is 4.74 Å². The van der Waals surface area contributed by atoms with Crippen molar-refractivity contribution in [2.45, 2.75) is 24.4 Å². The second-order valence-electron chi connectivity index (χ2n) is 6.66. The van der Waals surface area contributed by atoms with Crippen molar-refractivity contribution < 1.29 is 14.9 Å². The van der Waals surface area contributed by atoms with Crippen LogP contribution >= 0.6 is 0 Å². The van der Waals surface area contributed by atoms with Crippen LogP contribution in [0.5, 0.6) is 0 Å². The topological polar surface area (TPSA) is 53.0 Å². The molecule has 3 aromatic carbocycles. The Balaban J connectivity index is 1.79. The van der Waals surface area contributed by atoms with Gasteiger partial charge in [0.25, 0.3) is 0 Å². The highest BCUT2D eigenvalue weighted by Crippen LogP contribution is 2.57. The van der Waals surface area contributed by atoms with Crippen molar-refractivity contribution in [1.29, 1.82) is 0 Å². The lowest BCUT2D eigenvalue weighted by molar-refractivity contribution is 0.000129. The molecule has 0 bridgehead atoms. The van der Waals surface area contributed by atoms with E-state index in [0.717, 1.165) is 22.1 Å². The number of ether oxygens (including phenoxy) is 1. The van der Waals surface area contributed by atoms with Crippen LogP contribution in [-0.4, -0.2) is 22.4 Å². The standard InChI is InChI=1S/C20H14O3/c21-17-14-8-13-10-5-2-1-4-9(10)11-6-3-7-12(15(11)13)16(14)19-20(23-19)18(17)22/h1-8,17-22H/t17-,18+,19-,20+/m0/s1. The summed E-state index contributed by atoms with van der Waals surface area (Å²) in [6.45, 7) is 0. The molecule has 1 aliphatic heterocycles. The van der Waals surface area contributed by atoms with Crippen LogP contribution < -0.4 is 0 Å². The average molecular weight is 302 g/mol. The van der Waals surface area contributed by atoms with Crippen molar-refractivity contribution in [3.63, 3.8) is 0 Å². The molecule has 3 heteroatoms. The molecule has 1 saturated heterocycles. The first-order chi connectivity index (χ1) is 11.3. The van der Waals surface area contributed by atoms with E-state index in [9.17, 15) is 10.2 Å². The number of aliphatic hydroxyl groups is 2. The molecule has 0 aromatic heterocycles. The fourth-order valence-electron chi connectivity index (χ4n) is 4.46. The first kappa shape index (κ1) is 12.3. The molecule has 0 amide bonds. The molecule has 3 nitrogen and oxygen atoms in total. The summed E-state index contributed by atoms with van der Waals surface area (Å²) in [5.74, 6) is 0. The molecular formula is C20H14O3. The second kappa shape index (κ2) is 3.82. The number of aliphatic hydroxyl groups excluding tert-OH is 2. The van der Waals surface area contributed by atoms with Crippen molar-refractivity contribution in [2.75, 3.05) is 0 Å². The number of fused-ring (bicyclic) bond motifs is 7. The van der Waals surface area contributed by atoms with Gasteiger partial charge in [-0.1, -0.05) is 42.5 Å². The Hall–Kier alpha value is -2.20. The summed E-state index contributed by atoms with van der Waals surface area (Å²) < 4.78 is 5.66. The van der Waals surface area contributed by atoms with E-state index in [4.69, 9.17) is 4.74 Å². The lowest BCUT2D eigenvalue weighted by Gasteiger charge is -2.25. The fraction of sp³-hybridized carbons (Fsp3) is 0.200. The van der Waals surface area contributed by atoms with Crippen LogP contribution in [0.25, 0.3) is 33.0 Å². The second-order valence-corrected chi connectivity index (χ2v) is 6.66. The molecule has 2 aliphatic carbocycles. The molecule has 0 spiro atoms. The molecule has 0 saturated carbocycles. The van der Waals surface area contributed by atoms with Gasteiger partial charge in [-0.2, -0.15) is 0 Å². The van der Waals surface area contributed by atoms with Gasteiger partial charge in [-0.25, -0.2) is 0 Å². The molecule has 1 fully saturated rings. The van der Waals surface area contributed by atoms with Crippen LogP contribution in [0, 0.1) is 0 Å². The normalized spacial score (nSPS) is 29.1. The third-order valence-corrected chi connectivity index (χ3v) is 5.53. The monoisotopic (exact) mass is 302 g/mol. The van der Waals surface area contributed by atoms with Crippen LogP contribution in [0.1, 0.15) is 23.3 Å². The Morgan fingerprint density at radius 2 is 1.57 bits per heavy atom. The zero-order valence-corrected chi connectivity index (χ0v) is 12.2. The van der Waals surface area contributed by atoms with E-state index in [1.165, 1.54) is 22.1 Å². The minimum absolute atomic E-state index is 0.0867. The molecule has 112 valence electrons. The third-order valence-electron chi connectivity index (χ3n) is 5.53. The maximum absolute atomic E-state index is 10.5. The van der Waals surface area contributed by atoms with E-state index in [2.05, 4.69) is 42.5 Å². The van der Waals surface area contributed by atoms with Crippen molar-refractivity contribution in [3.8, 4) is 22.3 Å². The van der Waals surface area contributed by atoms with E-state index in [-0.39, 0.29) is 12.2 Å². The van der Waals surface area contributed by atoms with Gasteiger partial charge in [-0.3, -0.25) is 0 Å². The minimum atomic E-state index is -0.884. The van der Waals surface area contributed by atoms with E-state index in [1.807, 2.05) is 6.07 Å². The summed E-state index contributed by atoms with van der Waals surface area (Å²) >= 11 is 0. The van der Waals surface area contributed by atoms with Gasteiger partial charge in [0.15, 0.2) is 0 Å². The lowest BCUT2D eigenvalue weighted by Crippen LogP contribution is -2.29. The number of hydrogen-bond acceptors (Lipinski definition) is 3. The molecule has 6 rings (SSSR count). The predicted molar refractivity (Wildman–Crippen MR) is 87.0 cm³/mol. The van der Waals surface area contributed by atoms with Gasteiger partial charge in [-0.15, -0.1) is 0 Å².